The third kappa shape index (κ3) is 2.26. The lowest BCUT2D eigenvalue weighted by Crippen LogP contribution is -2.40. The number of nitrogens with zero attached hydrogens (tertiary/aromatic N) is 2. The molecule has 1 aromatic carbocycles. The summed E-state index contributed by atoms with van der Waals surface area (Å²) in [6, 6.07) is 13.5. The molecule has 24 heavy (non-hydrogen) atoms. The Hall–Kier alpha value is -2.44. The highest BCUT2D eigenvalue weighted by Gasteiger charge is 2.54. The average molecular weight is 324 g/mol. The number of hydrogen-bond donors (Lipinski definition) is 2. The summed E-state index contributed by atoms with van der Waals surface area (Å²) in [6.07, 6.45) is 1.78. The van der Waals surface area contributed by atoms with Gasteiger partial charge in [-0.2, -0.15) is 0 Å². The molecule has 2 aromatic rings. The molecular formula is C18H20N4O2. The maximum Gasteiger partial charge on any atom is 0.241 e. The zero-order valence-electron chi connectivity index (χ0n) is 13.6. The van der Waals surface area contributed by atoms with Crippen LogP contribution < -0.4 is 15.6 Å². The number of amides is 1. The predicted octanol–water partition coefficient (Wildman–Crippen LogP) is 1.44. The van der Waals surface area contributed by atoms with Crippen LogP contribution in [0.1, 0.15) is 23.3 Å². The first kappa shape index (κ1) is 15.1. The minimum Gasteiger partial charge on any atom is -0.497 e. The number of likely N-dealkylation sites (tertiary alicyclic amines) is 1. The molecule has 0 saturated carbocycles. The standard InChI is InChI=1S/C18H20N4O2/c1-22-17(13-8-3-4-9-19-13)14-15(20-21-16(14)18(22)23)11-6-5-7-12(10-11)24-2/h3-10,14-17,20-21H,1-2H3. The van der Waals surface area contributed by atoms with E-state index in [9.17, 15) is 4.79 Å². The molecule has 2 aliphatic heterocycles. The molecule has 124 valence electrons. The molecule has 0 aliphatic carbocycles. The van der Waals surface area contributed by atoms with E-state index in [1.54, 1.807) is 18.2 Å². The van der Waals surface area contributed by atoms with Crippen molar-refractivity contribution in [2.75, 3.05) is 14.2 Å². The van der Waals surface area contributed by atoms with Crippen LogP contribution in [0.2, 0.25) is 0 Å². The largest absolute Gasteiger partial charge is 0.497 e. The fourth-order valence-electron chi connectivity index (χ4n) is 3.86. The number of rotatable bonds is 3. The van der Waals surface area contributed by atoms with E-state index in [2.05, 4.69) is 21.9 Å². The highest BCUT2D eigenvalue weighted by atomic mass is 16.5. The van der Waals surface area contributed by atoms with Gasteiger partial charge in [-0.1, -0.05) is 18.2 Å². The molecule has 3 heterocycles. The SMILES string of the molecule is COc1cccc(C2NNC3C(=O)N(C)C(c4ccccn4)C32)c1. The molecule has 2 N–H and O–H groups in total. The first-order valence-corrected chi connectivity index (χ1v) is 8.03. The van der Waals surface area contributed by atoms with Crippen molar-refractivity contribution in [1.29, 1.82) is 0 Å². The Bertz CT molecular complexity index is 752. The van der Waals surface area contributed by atoms with Gasteiger partial charge < -0.3 is 9.64 Å². The van der Waals surface area contributed by atoms with Gasteiger partial charge in [0.25, 0.3) is 0 Å². The smallest absolute Gasteiger partial charge is 0.241 e. The Balaban J connectivity index is 1.74. The van der Waals surface area contributed by atoms with Gasteiger partial charge in [-0.05, 0) is 29.8 Å². The van der Waals surface area contributed by atoms with Crippen LogP contribution in [0.3, 0.4) is 0 Å². The molecule has 0 spiro atoms. The monoisotopic (exact) mass is 324 g/mol. The molecule has 2 fully saturated rings. The van der Waals surface area contributed by atoms with Crippen molar-refractivity contribution in [3.05, 3.63) is 59.9 Å². The minimum atomic E-state index is -0.252. The van der Waals surface area contributed by atoms with Crippen molar-refractivity contribution in [3.8, 4) is 5.75 Å². The number of nitrogens with one attached hydrogen (secondary N) is 2. The van der Waals surface area contributed by atoms with Gasteiger partial charge in [0.05, 0.1) is 24.9 Å². The van der Waals surface area contributed by atoms with Crippen LogP contribution in [0.15, 0.2) is 48.7 Å². The van der Waals surface area contributed by atoms with E-state index in [0.717, 1.165) is 17.0 Å². The van der Waals surface area contributed by atoms with Gasteiger partial charge in [0.1, 0.15) is 11.8 Å². The van der Waals surface area contributed by atoms with E-state index in [0.29, 0.717) is 0 Å². The molecular weight excluding hydrogens is 304 g/mol. The van der Waals surface area contributed by atoms with Crippen molar-refractivity contribution in [1.82, 2.24) is 20.7 Å². The lowest BCUT2D eigenvalue weighted by atomic mass is 9.85. The highest BCUT2D eigenvalue weighted by molar-refractivity contribution is 5.85. The van der Waals surface area contributed by atoms with Crippen LogP contribution in [0, 0.1) is 5.92 Å². The Kier molecular flexibility index (Phi) is 3.70. The highest BCUT2D eigenvalue weighted by Crippen LogP contribution is 2.46. The van der Waals surface area contributed by atoms with Gasteiger partial charge in [-0.15, -0.1) is 0 Å². The zero-order chi connectivity index (χ0) is 16.7. The molecule has 4 unspecified atom stereocenters. The summed E-state index contributed by atoms with van der Waals surface area (Å²) in [5.41, 5.74) is 8.48. The number of carbonyl (C=O) groups excluding carboxylic acids is 1. The maximum absolute atomic E-state index is 12.6. The quantitative estimate of drug-likeness (QED) is 0.894. The number of ether oxygens (including phenoxy) is 1. The van der Waals surface area contributed by atoms with Gasteiger partial charge in [0.2, 0.25) is 5.91 Å². The number of hydrazine groups is 1. The minimum absolute atomic E-state index is 0.00556. The van der Waals surface area contributed by atoms with Gasteiger partial charge >= 0.3 is 0 Å². The van der Waals surface area contributed by atoms with Crippen molar-refractivity contribution in [2.45, 2.75) is 18.1 Å². The molecule has 4 rings (SSSR count). The Morgan fingerprint density at radius 2 is 1.96 bits per heavy atom. The van der Waals surface area contributed by atoms with Crippen molar-refractivity contribution >= 4 is 5.91 Å². The third-order valence-electron chi connectivity index (χ3n) is 5.00. The number of likely N-dealkylation sites (N-methyl/N-ethyl adjacent to an activating group) is 1. The fourth-order valence-corrected chi connectivity index (χ4v) is 3.86. The molecule has 1 aromatic heterocycles. The number of carbonyl (C=O) groups is 1. The molecule has 1 amide bonds. The van der Waals surface area contributed by atoms with E-state index < -0.39 is 0 Å². The van der Waals surface area contributed by atoms with Crippen LogP contribution in [0.4, 0.5) is 0 Å². The lowest BCUT2D eigenvalue weighted by Gasteiger charge is -2.28. The van der Waals surface area contributed by atoms with E-state index in [4.69, 9.17) is 4.74 Å². The topological polar surface area (TPSA) is 66.5 Å². The molecule has 0 radical (unpaired) electrons. The van der Waals surface area contributed by atoms with E-state index in [-0.39, 0.29) is 30.0 Å². The number of aromatic nitrogens is 1. The number of fused-ring (bicyclic) bond motifs is 1. The third-order valence-corrected chi connectivity index (χ3v) is 5.00. The van der Waals surface area contributed by atoms with E-state index in [1.807, 2.05) is 43.4 Å². The van der Waals surface area contributed by atoms with Crippen LogP contribution in [-0.2, 0) is 4.79 Å². The van der Waals surface area contributed by atoms with Crippen LogP contribution in [0.25, 0.3) is 0 Å². The van der Waals surface area contributed by atoms with Gasteiger partial charge in [0.15, 0.2) is 0 Å². The predicted molar refractivity (Wildman–Crippen MR) is 89.0 cm³/mol. The normalized spacial score (nSPS) is 28.9. The molecule has 0 bridgehead atoms. The van der Waals surface area contributed by atoms with Gasteiger partial charge in [-0.25, -0.2) is 10.9 Å². The second kappa shape index (κ2) is 5.89. The summed E-state index contributed by atoms with van der Waals surface area (Å²) in [7, 11) is 3.51. The van der Waals surface area contributed by atoms with Crippen LogP contribution in [-0.4, -0.2) is 36.0 Å². The van der Waals surface area contributed by atoms with Gasteiger partial charge in [-0.3, -0.25) is 9.78 Å². The summed E-state index contributed by atoms with van der Waals surface area (Å²) in [5, 5.41) is 0. The zero-order valence-corrected chi connectivity index (χ0v) is 13.6. The maximum atomic E-state index is 12.6. The first-order valence-electron chi connectivity index (χ1n) is 8.03. The van der Waals surface area contributed by atoms with Crippen molar-refractivity contribution < 1.29 is 9.53 Å². The number of pyridine rings is 1. The average Bonchev–Trinajstić information content (AvgIpc) is 3.16. The summed E-state index contributed by atoms with van der Waals surface area (Å²) in [6.45, 7) is 0. The Morgan fingerprint density at radius 1 is 1.12 bits per heavy atom. The van der Waals surface area contributed by atoms with E-state index in [1.165, 1.54) is 0 Å². The van der Waals surface area contributed by atoms with Gasteiger partial charge in [0, 0.05) is 19.2 Å². The second-order valence-electron chi connectivity index (χ2n) is 6.25. The summed E-state index contributed by atoms with van der Waals surface area (Å²) in [5.74, 6) is 0.961. The molecule has 2 aliphatic rings. The summed E-state index contributed by atoms with van der Waals surface area (Å²) >= 11 is 0. The van der Waals surface area contributed by atoms with Crippen molar-refractivity contribution in [2.24, 2.45) is 5.92 Å². The first-order chi connectivity index (χ1) is 11.7. The molecule has 6 nitrogen and oxygen atoms in total. The second-order valence-corrected chi connectivity index (χ2v) is 6.25. The van der Waals surface area contributed by atoms with Crippen LogP contribution >= 0.6 is 0 Å². The number of benzene rings is 1. The van der Waals surface area contributed by atoms with E-state index >= 15 is 0 Å². The number of hydrogen-bond acceptors (Lipinski definition) is 5. The fraction of sp³-hybridized carbons (Fsp3) is 0.333. The summed E-state index contributed by atoms with van der Waals surface area (Å²) in [4.78, 5) is 18.9. The molecule has 6 heteroatoms. The lowest BCUT2D eigenvalue weighted by molar-refractivity contribution is -0.129. The Morgan fingerprint density at radius 3 is 2.71 bits per heavy atom. The Labute approximate surface area is 140 Å². The van der Waals surface area contributed by atoms with Crippen molar-refractivity contribution in [3.63, 3.8) is 0 Å². The summed E-state index contributed by atoms with van der Waals surface area (Å²) < 4.78 is 5.34. The molecule has 2 saturated heterocycles. The van der Waals surface area contributed by atoms with Crippen LogP contribution in [0.5, 0.6) is 5.75 Å². The molecule has 4 atom stereocenters. The number of methoxy groups -OCH3 is 1.